The smallest absolute Gasteiger partial charge is 0.306 e. The maximum absolute atomic E-state index is 12.7. The Kier molecular flexibility index (Phi) is 43.9. The van der Waals surface area contributed by atoms with Crippen molar-refractivity contribution in [1.29, 1.82) is 0 Å². The van der Waals surface area contributed by atoms with Crippen molar-refractivity contribution < 1.29 is 28.6 Å². The van der Waals surface area contributed by atoms with Gasteiger partial charge >= 0.3 is 17.9 Å². The molecule has 0 aliphatic rings. The zero-order valence-electron chi connectivity index (χ0n) is 37.4. The Labute approximate surface area is 347 Å². The van der Waals surface area contributed by atoms with Crippen molar-refractivity contribution >= 4 is 17.9 Å². The molecule has 0 saturated carbocycles. The third-order valence-corrected chi connectivity index (χ3v) is 10.7. The molecule has 0 fully saturated rings. The van der Waals surface area contributed by atoms with Gasteiger partial charge in [0, 0.05) is 19.3 Å². The van der Waals surface area contributed by atoms with E-state index in [0.717, 1.165) is 89.9 Å². The third-order valence-electron chi connectivity index (χ3n) is 10.7. The van der Waals surface area contributed by atoms with Crippen LogP contribution in [0.4, 0.5) is 0 Å². The third kappa shape index (κ3) is 43.0. The number of unbranched alkanes of at least 4 members (excludes halogenated alkanes) is 29. The van der Waals surface area contributed by atoms with Crippen LogP contribution in [0, 0.1) is 0 Å². The molecule has 0 rings (SSSR count). The average Bonchev–Trinajstić information content (AvgIpc) is 3.19. The van der Waals surface area contributed by atoms with Gasteiger partial charge in [-0.25, -0.2) is 0 Å². The van der Waals surface area contributed by atoms with Crippen LogP contribution in [0.1, 0.15) is 258 Å². The Bertz CT molecular complexity index is 911. The molecule has 0 aliphatic carbocycles. The molecule has 0 aromatic rings. The molecule has 6 heteroatoms. The zero-order chi connectivity index (χ0) is 40.8. The number of esters is 3. The average molecular weight is 789 g/mol. The van der Waals surface area contributed by atoms with E-state index in [0.29, 0.717) is 19.3 Å². The lowest BCUT2D eigenvalue weighted by atomic mass is 10.0. The second kappa shape index (κ2) is 45.6. The summed E-state index contributed by atoms with van der Waals surface area (Å²) in [4.78, 5) is 37.8. The van der Waals surface area contributed by atoms with Gasteiger partial charge in [-0.15, -0.1) is 0 Å². The highest BCUT2D eigenvalue weighted by molar-refractivity contribution is 5.71. The van der Waals surface area contributed by atoms with Crippen LogP contribution in [0.25, 0.3) is 0 Å². The molecule has 328 valence electrons. The first kappa shape index (κ1) is 53.9. The van der Waals surface area contributed by atoms with E-state index in [1.165, 1.54) is 128 Å². The molecule has 0 aromatic heterocycles. The van der Waals surface area contributed by atoms with Crippen molar-refractivity contribution in [2.45, 2.75) is 264 Å². The first-order chi connectivity index (χ1) is 27.5. The summed E-state index contributed by atoms with van der Waals surface area (Å²) in [7, 11) is 0. The highest BCUT2D eigenvalue weighted by Gasteiger charge is 2.19. The summed E-state index contributed by atoms with van der Waals surface area (Å²) in [6, 6.07) is 0. The first-order valence-electron chi connectivity index (χ1n) is 24.3. The minimum absolute atomic E-state index is 0.0727. The van der Waals surface area contributed by atoms with Gasteiger partial charge in [0.25, 0.3) is 0 Å². The van der Waals surface area contributed by atoms with Crippen LogP contribution in [0.2, 0.25) is 0 Å². The van der Waals surface area contributed by atoms with E-state index in [4.69, 9.17) is 14.2 Å². The normalized spacial score (nSPS) is 12.1. The quantitative estimate of drug-likeness (QED) is 0.0265. The lowest BCUT2D eigenvalue weighted by Gasteiger charge is -2.18. The molecular formula is C50H92O6. The van der Waals surface area contributed by atoms with E-state index >= 15 is 0 Å². The van der Waals surface area contributed by atoms with Crippen LogP contribution >= 0.6 is 0 Å². The highest BCUT2D eigenvalue weighted by atomic mass is 16.6. The summed E-state index contributed by atoms with van der Waals surface area (Å²) in [5, 5.41) is 0. The maximum Gasteiger partial charge on any atom is 0.306 e. The van der Waals surface area contributed by atoms with Crippen molar-refractivity contribution in [2.75, 3.05) is 13.2 Å². The minimum Gasteiger partial charge on any atom is -0.462 e. The van der Waals surface area contributed by atoms with Crippen molar-refractivity contribution in [1.82, 2.24) is 0 Å². The van der Waals surface area contributed by atoms with Gasteiger partial charge in [0.05, 0.1) is 0 Å². The molecule has 0 radical (unpaired) electrons. The lowest BCUT2D eigenvalue weighted by Crippen LogP contribution is -2.30. The highest BCUT2D eigenvalue weighted by Crippen LogP contribution is 2.16. The molecule has 0 N–H and O–H groups in total. The van der Waals surface area contributed by atoms with E-state index < -0.39 is 6.10 Å². The summed E-state index contributed by atoms with van der Waals surface area (Å²) in [6.45, 7) is 6.52. The van der Waals surface area contributed by atoms with Gasteiger partial charge in [0.2, 0.25) is 0 Å². The van der Waals surface area contributed by atoms with Gasteiger partial charge in [-0.2, -0.15) is 0 Å². The SMILES string of the molecule is CC/C=C\C/C=C\CCCCCCCC(=O)OC(COC(=O)CCCCCCCCCCCC)COC(=O)CCCCCCCCCCCCCCCCCC. The summed E-state index contributed by atoms with van der Waals surface area (Å²) < 4.78 is 16.7. The molecule has 0 heterocycles. The topological polar surface area (TPSA) is 78.9 Å². The number of hydrogen-bond donors (Lipinski definition) is 0. The number of rotatable bonds is 44. The predicted octanol–water partition coefficient (Wildman–Crippen LogP) is 15.6. The summed E-state index contributed by atoms with van der Waals surface area (Å²) >= 11 is 0. The molecule has 0 spiro atoms. The van der Waals surface area contributed by atoms with Gasteiger partial charge in [0.15, 0.2) is 6.10 Å². The van der Waals surface area contributed by atoms with E-state index in [9.17, 15) is 14.4 Å². The van der Waals surface area contributed by atoms with Crippen molar-refractivity contribution in [3.05, 3.63) is 24.3 Å². The summed E-state index contributed by atoms with van der Waals surface area (Å²) in [5.41, 5.74) is 0. The Morgan fingerprint density at radius 2 is 0.696 bits per heavy atom. The maximum atomic E-state index is 12.7. The predicted molar refractivity (Wildman–Crippen MR) is 238 cm³/mol. The van der Waals surface area contributed by atoms with E-state index in [1.54, 1.807) is 0 Å². The molecule has 1 atom stereocenters. The van der Waals surface area contributed by atoms with Crippen LogP contribution in [-0.2, 0) is 28.6 Å². The van der Waals surface area contributed by atoms with Gasteiger partial charge in [0.1, 0.15) is 13.2 Å². The van der Waals surface area contributed by atoms with E-state index in [-0.39, 0.29) is 31.1 Å². The van der Waals surface area contributed by atoms with Gasteiger partial charge in [-0.3, -0.25) is 14.4 Å². The van der Waals surface area contributed by atoms with Crippen LogP contribution < -0.4 is 0 Å². The largest absolute Gasteiger partial charge is 0.462 e. The van der Waals surface area contributed by atoms with Gasteiger partial charge in [-0.05, 0) is 44.9 Å². The number of ether oxygens (including phenoxy) is 3. The zero-order valence-corrected chi connectivity index (χ0v) is 37.4. The standard InChI is InChI=1S/C50H92O6/c1-4-7-10-13-16-19-22-24-25-26-27-29-31-34-37-40-43-49(52)55-46-47(45-54-48(51)42-39-36-33-30-21-18-15-12-9-6-3)56-50(53)44-41-38-35-32-28-23-20-17-14-11-8-5-2/h8,11,17,20,47H,4-7,9-10,12-16,18-19,21-46H2,1-3H3/b11-8-,20-17-. The number of allylic oxidation sites excluding steroid dienone is 4. The fourth-order valence-corrected chi connectivity index (χ4v) is 7.07. The number of hydrogen-bond acceptors (Lipinski definition) is 6. The monoisotopic (exact) mass is 789 g/mol. The summed E-state index contributed by atoms with van der Waals surface area (Å²) in [5.74, 6) is -0.879. The molecule has 6 nitrogen and oxygen atoms in total. The van der Waals surface area contributed by atoms with Gasteiger partial charge < -0.3 is 14.2 Å². The van der Waals surface area contributed by atoms with Crippen molar-refractivity contribution in [2.24, 2.45) is 0 Å². The van der Waals surface area contributed by atoms with Crippen LogP contribution in [0.3, 0.4) is 0 Å². The molecule has 0 aliphatic heterocycles. The van der Waals surface area contributed by atoms with Crippen LogP contribution in [-0.4, -0.2) is 37.2 Å². The van der Waals surface area contributed by atoms with E-state index in [2.05, 4.69) is 45.1 Å². The Hall–Kier alpha value is -2.11. The molecular weight excluding hydrogens is 697 g/mol. The molecule has 1 unspecified atom stereocenters. The van der Waals surface area contributed by atoms with Crippen LogP contribution in [0.15, 0.2) is 24.3 Å². The molecule has 56 heavy (non-hydrogen) atoms. The van der Waals surface area contributed by atoms with Crippen molar-refractivity contribution in [3.63, 3.8) is 0 Å². The van der Waals surface area contributed by atoms with Crippen LogP contribution in [0.5, 0.6) is 0 Å². The van der Waals surface area contributed by atoms with Gasteiger partial charge in [-0.1, -0.05) is 218 Å². The molecule has 0 saturated heterocycles. The molecule has 0 amide bonds. The minimum atomic E-state index is -0.770. The number of carbonyl (C=O) groups is 3. The Morgan fingerprint density at radius 1 is 0.375 bits per heavy atom. The first-order valence-corrected chi connectivity index (χ1v) is 24.3. The van der Waals surface area contributed by atoms with E-state index in [1.807, 2.05) is 0 Å². The van der Waals surface area contributed by atoms with Crippen molar-refractivity contribution in [3.8, 4) is 0 Å². The fourth-order valence-electron chi connectivity index (χ4n) is 7.07. The second-order valence-electron chi connectivity index (χ2n) is 16.4. The second-order valence-corrected chi connectivity index (χ2v) is 16.4. The Morgan fingerprint density at radius 3 is 1.07 bits per heavy atom. The molecule has 0 aromatic carbocycles. The summed E-state index contributed by atoms with van der Waals surface area (Å²) in [6.07, 6.45) is 50.2. The Balaban J connectivity index is 4.31. The fraction of sp³-hybridized carbons (Fsp3) is 0.860. The molecule has 0 bridgehead atoms. The number of carbonyl (C=O) groups excluding carboxylic acids is 3. The lowest BCUT2D eigenvalue weighted by molar-refractivity contribution is -0.167.